The summed E-state index contributed by atoms with van der Waals surface area (Å²) in [6.07, 6.45) is 8.60. The van der Waals surface area contributed by atoms with Gasteiger partial charge in [0.1, 0.15) is 5.75 Å². The van der Waals surface area contributed by atoms with E-state index in [1.54, 1.807) is 7.11 Å². The van der Waals surface area contributed by atoms with Crippen LogP contribution in [0.25, 0.3) is 0 Å². The van der Waals surface area contributed by atoms with Crippen molar-refractivity contribution in [1.29, 1.82) is 0 Å². The van der Waals surface area contributed by atoms with Crippen molar-refractivity contribution in [3.8, 4) is 18.1 Å². The van der Waals surface area contributed by atoms with Crippen molar-refractivity contribution in [1.82, 2.24) is 5.32 Å². The van der Waals surface area contributed by atoms with E-state index in [1.807, 2.05) is 6.07 Å². The summed E-state index contributed by atoms with van der Waals surface area (Å²) in [5.74, 6) is 3.57. The van der Waals surface area contributed by atoms with Crippen LogP contribution in [0.1, 0.15) is 17.5 Å². The average molecular weight is 215 g/mol. The Labute approximate surface area is 97.0 Å². The molecular formula is C14H17NO. The summed E-state index contributed by atoms with van der Waals surface area (Å²) < 4.78 is 5.24. The van der Waals surface area contributed by atoms with E-state index in [0.29, 0.717) is 12.6 Å². The van der Waals surface area contributed by atoms with Gasteiger partial charge in [0.25, 0.3) is 0 Å². The van der Waals surface area contributed by atoms with E-state index < -0.39 is 0 Å². The van der Waals surface area contributed by atoms with Crippen molar-refractivity contribution >= 4 is 0 Å². The number of rotatable bonds is 3. The lowest BCUT2D eigenvalue weighted by molar-refractivity contribution is 0.412. The van der Waals surface area contributed by atoms with Gasteiger partial charge in [0.05, 0.1) is 13.7 Å². The van der Waals surface area contributed by atoms with Crippen molar-refractivity contribution in [3.63, 3.8) is 0 Å². The number of benzene rings is 1. The topological polar surface area (TPSA) is 21.3 Å². The number of hydrogen-bond acceptors (Lipinski definition) is 2. The normalized spacial score (nSPS) is 18.6. The summed E-state index contributed by atoms with van der Waals surface area (Å²) in [5.41, 5.74) is 2.83. The zero-order chi connectivity index (χ0) is 11.4. The summed E-state index contributed by atoms with van der Waals surface area (Å²) in [6.45, 7) is 0.657. The minimum absolute atomic E-state index is 0.510. The maximum Gasteiger partial charge on any atom is 0.119 e. The Morgan fingerprint density at radius 1 is 1.50 bits per heavy atom. The first-order valence-electron chi connectivity index (χ1n) is 5.66. The van der Waals surface area contributed by atoms with Gasteiger partial charge in [0, 0.05) is 6.04 Å². The Morgan fingerprint density at radius 2 is 2.38 bits per heavy atom. The molecule has 2 heteroatoms. The van der Waals surface area contributed by atoms with Crippen molar-refractivity contribution in [2.24, 2.45) is 0 Å². The predicted molar refractivity (Wildman–Crippen MR) is 65.6 cm³/mol. The second-order valence-electron chi connectivity index (χ2n) is 4.16. The Bertz CT molecular complexity index is 406. The molecule has 1 unspecified atom stereocenters. The summed E-state index contributed by atoms with van der Waals surface area (Å²) in [5, 5.41) is 3.37. The van der Waals surface area contributed by atoms with Gasteiger partial charge in [-0.1, -0.05) is 12.0 Å². The molecule has 0 saturated carbocycles. The van der Waals surface area contributed by atoms with Gasteiger partial charge in [-0.3, -0.25) is 0 Å². The van der Waals surface area contributed by atoms with Crippen LogP contribution in [-0.4, -0.2) is 19.7 Å². The predicted octanol–water partition coefficient (Wildman–Crippen LogP) is 1.78. The lowest BCUT2D eigenvalue weighted by Crippen LogP contribution is -2.34. The maximum absolute atomic E-state index is 5.25. The van der Waals surface area contributed by atoms with E-state index in [0.717, 1.165) is 18.6 Å². The van der Waals surface area contributed by atoms with Gasteiger partial charge in [-0.25, -0.2) is 0 Å². The molecule has 0 bridgehead atoms. The number of nitrogens with one attached hydrogen (secondary N) is 1. The van der Waals surface area contributed by atoms with E-state index in [2.05, 4.69) is 23.4 Å². The van der Waals surface area contributed by atoms with Gasteiger partial charge in [0.2, 0.25) is 0 Å². The average Bonchev–Trinajstić information content (AvgIpc) is 2.35. The van der Waals surface area contributed by atoms with Gasteiger partial charge in [-0.05, 0) is 42.5 Å². The molecule has 1 aromatic rings. The largest absolute Gasteiger partial charge is 0.497 e. The molecule has 2 rings (SSSR count). The quantitative estimate of drug-likeness (QED) is 0.776. The van der Waals surface area contributed by atoms with Crippen LogP contribution in [0.2, 0.25) is 0 Å². The summed E-state index contributed by atoms with van der Waals surface area (Å²) >= 11 is 0. The Balaban J connectivity index is 2.09. The van der Waals surface area contributed by atoms with E-state index in [4.69, 9.17) is 11.2 Å². The van der Waals surface area contributed by atoms with Crippen LogP contribution in [0.4, 0.5) is 0 Å². The lowest BCUT2D eigenvalue weighted by atomic mass is 9.88. The van der Waals surface area contributed by atoms with Crippen molar-refractivity contribution in [2.75, 3.05) is 13.7 Å². The molecule has 0 heterocycles. The molecule has 0 fully saturated rings. The van der Waals surface area contributed by atoms with Crippen LogP contribution in [0.3, 0.4) is 0 Å². The third kappa shape index (κ3) is 2.37. The molecule has 16 heavy (non-hydrogen) atoms. The van der Waals surface area contributed by atoms with E-state index >= 15 is 0 Å². The molecular weight excluding hydrogens is 198 g/mol. The molecule has 1 aromatic carbocycles. The first-order chi connectivity index (χ1) is 7.83. The molecule has 0 saturated heterocycles. The van der Waals surface area contributed by atoms with E-state index in [-0.39, 0.29) is 0 Å². The fraction of sp³-hybridized carbons (Fsp3) is 0.429. The molecule has 0 radical (unpaired) electrons. The monoisotopic (exact) mass is 215 g/mol. The standard InChI is InChI=1S/C14H17NO/c1-3-8-15-13-6-4-11-5-7-14(16-2)10-12(11)9-13/h1,5,7,10,13,15H,4,6,8-9H2,2H3. The fourth-order valence-corrected chi connectivity index (χ4v) is 2.24. The molecule has 1 aliphatic carbocycles. The second kappa shape index (κ2) is 5.05. The van der Waals surface area contributed by atoms with Crippen LogP contribution in [0.15, 0.2) is 18.2 Å². The summed E-state index contributed by atoms with van der Waals surface area (Å²) in [7, 11) is 1.71. The van der Waals surface area contributed by atoms with Gasteiger partial charge in [-0.2, -0.15) is 0 Å². The number of ether oxygens (including phenoxy) is 1. The smallest absolute Gasteiger partial charge is 0.119 e. The van der Waals surface area contributed by atoms with Crippen LogP contribution in [-0.2, 0) is 12.8 Å². The molecule has 0 aliphatic heterocycles. The molecule has 84 valence electrons. The molecule has 0 aromatic heterocycles. The summed E-state index contributed by atoms with van der Waals surface area (Å²) in [6, 6.07) is 6.86. The fourth-order valence-electron chi connectivity index (χ4n) is 2.24. The molecule has 1 aliphatic rings. The first kappa shape index (κ1) is 11.0. The van der Waals surface area contributed by atoms with Crippen molar-refractivity contribution < 1.29 is 4.74 Å². The highest BCUT2D eigenvalue weighted by Crippen LogP contribution is 2.25. The molecule has 0 spiro atoms. The molecule has 1 N–H and O–H groups in total. The van der Waals surface area contributed by atoms with Gasteiger partial charge in [-0.15, -0.1) is 6.42 Å². The Hall–Kier alpha value is -1.46. The highest BCUT2D eigenvalue weighted by molar-refractivity contribution is 5.37. The van der Waals surface area contributed by atoms with Crippen molar-refractivity contribution in [3.05, 3.63) is 29.3 Å². The number of fused-ring (bicyclic) bond motifs is 1. The van der Waals surface area contributed by atoms with Crippen LogP contribution < -0.4 is 10.1 Å². The third-order valence-electron chi connectivity index (χ3n) is 3.13. The molecule has 2 nitrogen and oxygen atoms in total. The van der Waals surface area contributed by atoms with Crippen LogP contribution >= 0.6 is 0 Å². The lowest BCUT2D eigenvalue weighted by Gasteiger charge is -2.25. The van der Waals surface area contributed by atoms with Crippen molar-refractivity contribution in [2.45, 2.75) is 25.3 Å². The zero-order valence-electron chi connectivity index (χ0n) is 9.62. The second-order valence-corrected chi connectivity index (χ2v) is 4.16. The van der Waals surface area contributed by atoms with Crippen LogP contribution in [0, 0.1) is 12.3 Å². The third-order valence-corrected chi connectivity index (χ3v) is 3.13. The minimum atomic E-state index is 0.510. The maximum atomic E-state index is 5.25. The number of hydrogen-bond donors (Lipinski definition) is 1. The number of methoxy groups -OCH3 is 1. The van der Waals surface area contributed by atoms with E-state index in [1.165, 1.54) is 17.5 Å². The summed E-state index contributed by atoms with van der Waals surface area (Å²) in [4.78, 5) is 0. The van der Waals surface area contributed by atoms with Gasteiger partial charge < -0.3 is 10.1 Å². The molecule has 1 atom stereocenters. The highest BCUT2D eigenvalue weighted by Gasteiger charge is 2.18. The minimum Gasteiger partial charge on any atom is -0.497 e. The first-order valence-corrected chi connectivity index (χ1v) is 5.66. The highest BCUT2D eigenvalue weighted by atomic mass is 16.5. The number of aryl methyl sites for hydroxylation is 1. The van der Waals surface area contributed by atoms with Gasteiger partial charge in [0.15, 0.2) is 0 Å². The molecule has 0 amide bonds. The zero-order valence-corrected chi connectivity index (χ0v) is 9.62. The van der Waals surface area contributed by atoms with Crippen LogP contribution in [0.5, 0.6) is 5.75 Å². The number of terminal acetylenes is 1. The SMILES string of the molecule is C#CCNC1CCc2ccc(OC)cc2C1. The van der Waals surface area contributed by atoms with E-state index in [9.17, 15) is 0 Å². The van der Waals surface area contributed by atoms with Gasteiger partial charge >= 0.3 is 0 Å². The Kier molecular flexibility index (Phi) is 3.48. The Morgan fingerprint density at radius 3 is 3.12 bits per heavy atom.